The van der Waals surface area contributed by atoms with Crippen molar-refractivity contribution in [2.75, 3.05) is 14.2 Å². The topological polar surface area (TPSA) is 66.5 Å². The van der Waals surface area contributed by atoms with Gasteiger partial charge in [-0.2, -0.15) is 0 Å². The molecule has 0 bridgehead atoms. The molecular formula is C25H31NO6. The standard InChI is InChI=1S/C25H31NO6/c1-25(2)31-21-20(14-13-17-11-8-12-19(15-17)23(27)26(3)28-4)30-24(22(21)32-25)29-16-18-9-6-5-7-10-18/h5-12,15,20-22,24H,13-14,16H2,1-4H3/t20-,21+,22+,24+/m1/s1. The van der Waals surface area contributed by atoms with Crippen LogP contribution in [0.3, 0.4) is 0 Å². The molecule has 4 rings (SSSR count). The number of hydrogen-bond donors (Lipinski definition) is 0. The Morgan fingerprint density at radius 1 is 1.03 bits per heavy atom. The summed E-state index contributed by atoms with van der Waals surface area (Å²) in [5.41, 5.74) is 2.71. The highest BCUT2D eigenvalue weighted by molar-refractivity contribution is 5.93. The maximum atomic E-state index is 12.4. The van der Waals surface area contributed by atoms with E-state index in [1.807, 2.05) is 62.4 Å². The molecule has 2 aliphatic rings. The highest BCUT2D eigenvalue weighted by atomic mass is 16.8. The van der Waals surface area contributed by atoms with E-state index in [4.69, 9.17) is 23.8 Å². The van der Waals surface area contributed by atoms with Gasteiger partial charge in [0.2, 0.25) is 0 Å². The van der Waals surface area contributed by atoms with Crippen LogP contribution in [0, 0.1) is 0 Å². The van der Waals surface area contributed by atoms with Crippen LogP contribution in [0.5, 0.6) is 0 Å². The van der Waals surface area contributed by atoms with Gasteiger partial charge in [0.05, 0.1) is 19.8 Å². The summed E-state index contributed by atoms with van der Waals surface area (Å²) >= 11 is 0. The Morgan fingerprint density at radius 3 is 2.50 bits per heavy atom. The normalized spacial score (nSPS) is 26.1. The summed E-state index contributed by atoms with van der Waals surface area (Å²) in [6.07, 6.45) is 0.334. The van der Waals surface area contributed by atoms with Gasteiger partial charge < -0.3 is 18.9 Å². The fourth-order valence-electron chi connectivity index (χ4n) is 4.19. The minimum atomic E-state index is -0.678. The molecule has 172 valence electrons. The summed E-state index contributed by atoms with van der Waals surface area (Å²) in [7, 11) is 3.06. The summed E-state index contributed by atoms with van der Waals surface area (Å²) in [5.74, 6) is -0.863. The van der Waals surface area contributed by atoms with Crippen molar-refractivity contribution in [2.45, 2.75) is 63.7 Å². The molecule has 2 aromatic rings. The van der Waals surface area contributed by atoms with Gasteiger partial charge in [0.1, 0.15) is 12.2 Å². The first kappa shape index (κ1) is 22.9. The predicted molar refractivity (Wildman–Crippen MR) is 118 cm³/mol. The average Bonchev–Trinajstić information content (AvgIpc) is 3.29. The van der Waals surface area contributed by atoms with Crippen LogP contribution in [0.1, 0.15) is 41.8 Å². The molecule has 0 spiro atoms. The van der Waals surface area contributed by atoms with Crippen molar-refractivity contribution in [3.8, 4) is 0 Å². The van der Waals surface area contributed by atoms with Gasteiger partial charge in [0, 0.05) is 12.6 Å². The largest absolute Gasteiger partial charge is 0.345 e. The number of hydrogen-bond acceptors (Lipinski definition) is 6. The molecule has 7 nitrogen and oxygen atoms in total. The number of nitrogens with zero attached hydrogens (tertiary/aromatic N) is 1. The summed E-state index contributed by atoms with van der Waals surface area (Å²) in [6.45, 7) is 4.28. The number of rotatable bonds is 8. The molecule has 0 aromatic heterocycles. The lowest BCUT2D eigenvalue weighted by molar-refractivity contribution is -0.236. The van der Waals surface area contributed by atoms with Crippen molar-refractivity contribution in [2.24, 2.45) is 0 Å². The number of amides is 1. The Labute approximate surface area is 189 Å². The molecule has 2 aliphatic heterocycles. The van der Waals surface area contributed by atoms with E-state index in [0.717, 1.165) is 24.0 Å². The maximum absolute atomic E-state index is 12.4. The Balaban J connectivity index is 1.40. The first-order chi connectivity index (χ1) is 15.4. The second kappa shape index (κ2) is 9.68. The third-order valence-electron chi connectivity index (χ3n) is 5.82. The lowest BCUT2D eigenvalue weighted by Crippen LogP contribution is -2.31. The van der Waals surface area contributed by atoms with E-state index in [0.29, 0.717) is 12.2 Å². The van der Waals surface area contributed by atoms with Crippen LogP contribution in [0.15, 0.2) is 54.6 Å². The molecule has 2 fully saturated rings. The fourth-order valence-corrected chi connectivity index (χ4v) is 4.19. The van der Waals surface area contributed by atoms with E-state index >= 15 is 0 Å². The van der Waals surface area contributed by atoms with Crippen LogP contribution in [-0.4, -0.2) is 55.5 Å². The van der Waals surface area contributed by atoms with Crippen molar-refractivity contribution < 1.29 is 28.6 Å². The first-order valence-corrected chi connectivity index (χ1v) is 10.9. The molecule has 0 saturated carbocycles. The van der Waals surface area contributed by atoms with Gasteiger partial charge in [0.15, 0.2) is 12.1 Å². The lowest BCUT2D eigenvalue weighted by atomic mass is 10.0. The quantitative estimate of drug-likeness (QED) is 0.582. The molecule has 0 N–H and O–H groups in total. The van der Waals surface area contributed by atoms with Crippen LogP contribution in [0.25, 0.3) is 0 Å². The minimum Gasteiger partial charge on any atom is -0.345 e. The van der Waals surface area contributed by atoms with E-state index in [9.17, 15) is 4.79 Å². The number of benzene rings is 2. The monoisotopic (exact) mass is 441 g/mol. The minimum absolute atomic E-state index is 0.163. The van der Waals surface area contributed by atoms with Gasteiger partial charge >= 0.3 is 0 Å². The van der Waals surface area contributed by atoms with Crippen LogP contribution in [0.2, 0.25) is 0 Å². The van der Waals surface area contributed by atoms with Gasteiger partial charge in [-0.15, -0.1) is 0 Å². The number of fused-ring (bicyclic) bond motifs is 1. The van der Waals surface area contributed by atoms with Crippen molar-refractivity contribution in [3.05, 3.63) is 71.3 Å². The average molecular weight is 442 g/mol. The summed E-state index contributed by atoms with van der Waals surface area (Å²) < 4.78 is 24.6. The van der Waals surface area contributed by atoms with Gasteiger partial charge in [0.25, 0.3) is 5.91 Å². The molecule has 2 aromatic carbocycles. The maximum Gasteiger partial charge on any atom is 0.277 e. The van der Waals surface area contributed by atoms with Gasteiger partial charge in [-0.3, -0.25) is 9.63 Å². The molecule has 0 unspecified atom stereocenters. The smallest absolute Gasteiger partial charge is 0.277 e. The Kier molecular flexibility index (Phi) is 6.93. The lowest BCUT2D eigenvalue weighted by Gasteiger charge is -2.24. The van der Waals surface area contributed by atoms with Crippen molar-refractivity contribution in [3.63, 3.8) is 0 Å². The zero-order chi connectivity index (χ0) is 22.7. The van der Waals surface area contributed by atoms with Gasteiger partial charge in [-0.05, 0) is 49.9 Å². The Morgan fingerprint density at radius 2 is 1.75 bits per heavy atom. The summed E-state index contributed by atoms with van der Waals surface area (Å²) in [6, 6.07) is 17.6. The van der Waals surface area contributed by atoms with Gasteiger partial charge in [-0.25, -0.2) is 5.06 Å². The number of ether oxygens (including phenoxy) is 4. The highest BCUT2D eigenvalue weighted by Gasteiger charge is 2.55. The highest BCUT2D eigenvalue weighted by Crippen LogP contribution is 2.40. The molecule has 2 saturated heterocycles. The SMILES string of the molecule is CON(C)C(=O)c1cccc(CC[C@H]2O[C@H](OCc3ccccc3)[C@H]3OC(C)(C)O[C@H]32)c1. The van der Waals surface area contributed by atoms with Gasteiger partial charge in [-0.1, -0.05) is 42.5 Å². The van der Waals surface area contributed by atoms with E-state index in [1.54, 1.807) is 13.1 Å². The summed E-state index contributed by atoms with van der Waals surface area (Å²) in [4.78, 5) is 17.4. The van der Waals surface area contributed by atoms with E-state index in [2.05, 4.69) is 0 Å². The summed E-state index contributed by atoms with van der Waals surface area (Å²) in [5, 5.41) is 1.21. The van der Waals surface area contributed by atoms with Crippen molar-refractivity contribution in [1.29, 1.82) is 0 Å². The van der Waals surface area contributed by atoms with Crippen LogP contribution in [-0.2, 0) is 36.8 Å². The van der Waals surface area contributed by atoms with Crippen LogP contribution < -0.4 is 0 Å². The fraction of sp³-hybridized carbons (Fsp3) is 0.480. The Bertz CT molecular complexity index is 918. The zero-order valence-corrected chi connectivity index (χ0v) is 19.0. The van der Waals surface area contributed by atoms with E-state index in [-0.39, 0.29) is 24.2 Å². The molecule has 7 heteroatoms. The molecule has 2 heterocycles. The molecule has 1 amide bonds. The second-order valence-electron chi connectivity index (χ2n) is 8.63. The number of hydroxylamine groups is 2. The van der Waals surface area contributed by atoms with Crippen LogP contribution in [0.4, 0.5) is 0 Å². The molecule has 4 atom stereocenters. The number of carbonyl (C=O) groups is 1. The van der Waals surface area contributed by atoms with Crippen LogP contribution >= 0.6 is 0 Å². The first-order valence-electron chi connectivity index (χ1n) is 10.9. The van der Waals surface area contributed by atoms with Crippen molar-refractivity contribution >= 4 is 5.91 Å². The van der Waals surface area contributed by atoms with Crippen molar-refractivity contribution in [1.82, 2.24) is 5.06 Å². The van der Waals surface area contributed by atoms with E-state index in [1.165, 1.54) is 12.2 Å². The molecule has 32 heavy (non-hydrogen) atoms. The molecule has 0 radical (unpaired) electrons. The van der Waals surface area contributed by atoms with E-state index < -0.39 is 12.1 Å². The third-order valence-corrected chi connectivity index (χ3v) is 5.82. The molecular weight excluding hydrogens is 410 g/mol. The Hall–Kier alpha value is -2.29. The number of aryl methyl sites for hydroxylation is 1. The second-order valence-corrected chi connectivity index (χ2v) is 8.63. The predicted octanol–water partition coefficient (Wildman–Crippen LogP) is 3.71. The zero-order valence-electron chi connectivity index (χ0n) is 19.0. The molecule has 0 aliphatic carbocycles. The number of carbonyl (C=O) groups excluding carboxylic acids is 1. The third kappa shape index (κ3) is 5.19.